The predicted molar refractivity (Wildman–Crippen MR) is 108 cm³/mol. The average molecular weight is 382 g/mol. The summed E-state index contributed by atoms with van der Waals surface area (Å²) in [6.07, 6.45) is 0. The Kier molecular flexibility index (Phi) is 5.91. The van der Waals surface area contributed by atoms with Crippen LogP contribution < -0.4 is 5.32 Å². The SMILES string of the molecule is Cc1ccc(-n2nnnc2S[C@H](C)C(=O)Nc2ccc(C(C)C)cc2)cc1. The lowest BCUT2D eigenvalue weighted by molar-refractivity contribution is -0.115. The van der Waals surface area contributed by atoms with Crippen LogP contribution in [-0.4, -0.2) is 31.4 Å². The Hall–Kier alpha value is -2.67. The van der Waals surface area contributed by atoms with Crippen LogP contribution in [0.2, 0.25) is 0 Å². The third-order valence-corrected chi connectivity index (χ3v) is 5.25. The monoisotopic (exact) mass is 381 g/mol. The van der Waals surface area contributed by atoms with Crippen molar-refractivity contribution in [3.8, 4) is 5.69 Å². The molecule has 1 N–H and O–H groups in total. The second-order valence-electron chi connectivity index (χ2n) is 6.73. The fourth-order valence-electron chi connectivity index (χ4n) is 2.51. The first kappa shape index (κ1) is 19.1. The van der Waals surface area contributed by atoms with Crippen LogP contribution >= 0.6 is 11.8 Å². The van der Waals surface area contributed by atoms with Crippen molar-refractivity contribution in [2.24, 2.45) is 0 Å². The first-order valence-corrected chi connectivity index (χ1v) is 9.75. The molecular weight excluding hydrogens is 358 g/mol. The number of aromatic nitrogens is 4. The Morgan fingerprint density at radius 2 is 1.70 bits per heavy atom. The molecule has 27 heavy (non-hydrogen) atoms. The number of rotatable bonds is 6. The van der Waals surface area contributed by atoms with Gasteiger partial charge in [0, 0.05) is 5.69 Å². The number of carbonyl (C=O) groups excluding carboxylic acids is 1. The molecule has 3 aromatic rings. The van der Waals surface area contributed by atoms with E-state index in [-0.39, 0.29) is 11.2 Å². The molecule has 6 nitrogen and oxygen atoms in total. The smallest absolute Gasteiger partial charge is 0.237 e. The van der Waals surface area contributed by atoms with E-state index in [1.807, 2.05) is 62.4 Å². The molecule has 1 atom stereocenters. The zero-order valence-corrected chi connectivity index (χ0v) is 16.7. The number of hydrogen-bond acceptors (Lipinski definition) is 5. The molecule has 2 aromatic carbocycles. The quantitative estimate of drug-likeness (QED) is 0.648. The van der Waals surface area contributed by atoms with E-state index in [2.05, 4.69) is 34.7 Å². The van der Waals surface area contributed by atoms with Crippen molar-refractivity contribution in [2.45, 2.75) is 44.0 Å². The summed E-state index contributed by atoms with van der Waals surface area (Å²) in [5.74, 6) is 0.376. The number of anilines is 1. The number of nitrogens with zero attached hydrogens (tertiary/aromatic N) is 4. The average Bonchev–Trinajstić information content (AvgIpc) is 3.10. The molecule has 0 aliphatic rings. The molecule has 3 rings (SSSR count). The van der Waals surface area contributed by atoms with Gasteiger partial charge in [0.05, 0.1) is 10.9 Å². The molecule has 0 fully saturated rings. The van der Waals surface area contributed by atoms with Crippen molar-refractivity contribution in [1.82, 2.24) is 20.2 Å². The summed E-state index contributed by atoms with van der Waals surface area (Å²) in [6, 6.07) is 15.9. The van der Waals surface area contributed by atoms with Gasteiger partial charge in [0.25, 0.3) is 0 Å². The van der Waals surface area contributed by atoms with E-state index in [1.54, 1.807) is 4.68 Å². The van der Waals surface area contributed by atoms with Gasteiger partial charge in [-0.15, -0.1) is 5.10 Å². The Morgan fingerprint density at radius 3 is 2.33 bits per heavy atom. The second-order valence-corrected chi connectivity index (χ2v) is 8.04. The lowest BCUT2D eigenvalue weighted by Gasteiger charge is -2.13. The number of hydrogen-bond donors (Lipinski definition) is 1. The molecule has 7 heteroatoms. The van der Waals surface area contributed by atoms with E-state index >= 15 is 0 Å². The van der Waals surface area contributed by atoms with Crippen LogP contribution in [0, 0.1) is 6.92 Å². The molecule has 0 aliphatic heterocycles. The Balaban J connectivity index is 1.67. The van der Waals surface area contributed by atoms with Gasteiger partial charge in [0.1, 0.15) is 0 Å². The summed E-state index contributed by atoms with van der Waals surface area (Å²) in [5.41, 5.74) is 4.06. The van der Waals surface area contributed by atoms with Crippen molar-refractivity contribution in [3.05, 3.63) is 59.7 Å². The molecule has 0 saturated heterocycles. The maximum Gasteiger partial charge on any atom is 0.237 e. The number of nitrogens with one attached hydrogen (secondary N) is 1. The number of thioether (sulfide) groups is 1. The maximum absolute atomic E-state index is 12.5. The summed E-state index contributed by atoms with van der Waals surface area (Å²) >= 11 is 1.33. The van der Waals surface area contributed by atoms with E-state index < -0.39 is 0 Å². The number of amides is 1. The summed E-state index contributed by atoms with van der Waals surface area (Å²) in [5, 5.41) is 15.0. The third-order valence-electron chi connectivity index (χ3n) is 4.22. The lowest BCUT2D eigenvalue weighted by atomic mass is 10.0. The number of aryl methyl sites for hydroxylation is 1. The zero-order chi connectivity index (χ0) is 19.4. The molecule has 1 heterocycles. The van der Waals surface area contributed by atoms with Crippen LogP contribution in [0.5, 0.6) is 0 Å². The van der Waals surface area contributed by atoms with Gasteiger partial charge in [0.2, 0.25) is 11.1 Å². The zero-order valence-electron chi connectivity index (χ0n) is 15.9. The minimum absolute atomic E-state index is 0.0873. The van der Waals surface area contributed by atoms with Gasteiger partial charge in [-0.1, -0.05) is 55.4 Å². The summed E-state index contributed by atoms with van der Waals surface area (Å²) in [4.78, 5) is 12.5. The minimum atomic E-state index is -0.343. The van der Waals surface area contributed by atoms with Gasteiger partial charge in [-0.3, -0.25) is 4.79 Å². The first-order valence-electron chi connectivity index (χ1n) is 8.87. The lowest BCUT2D eigenvalue weighted by Crippen LogP contribution is -2.23. The highest BCUT2D eigenvalue weighted by molar-refractivity contribution is 8.00. The maximum atomic E-state index is 12.5. The fourth-order valence-corrected chi connectivity index (χ4v) is 3.31. The predicted octanol–water partition coefficient (Wildman–Crippen LogP) is 4.21. The molecule has 0 saturated carbocycles. The molecule has 1 aromatic heterocycles. The highest BCUT2D eigenvalue weighted by Gasteiger charge is 2.19. The Morgan fingerprint density at radius 1 is 1.04 bits per heavy atom. The summed E-state index contributed by atoms with van der Waals surface area (Å²) < 4.78 is 1.64. The Bertz CT molecular complexity index is 903. The molecule has 0 unspecified atom stereocenters. The molecule has 0 spiro atoms. The van der Waals surface area contributed by atoms with Gasteiger partial charge in [-0.2, -0.15) is 4.68 Å². The van der Waals surface area contributed by atoms with Gasteiger partial charge < -0.3 is 5.32 Å². The van der Waals surface area contributed by atoms with E-state index in [0.717, 1.165) is 16.9 Å². The number of benzene rings is 2. The van der Waals surface area contributed by atoms with E-state index in [1.165, 1.54) is 17.3 Å². The highest BCUT2D eigenvalue weighted by Crippen LogP contribution is 2.24. The molecule has 140 valence electrons. The van der Waals surface area contributed by atoms with Crippen LogP contribution in [0.1, 0.15) is 37.8 Å². The molecule has 0 aliphatic carbocycles. The van der Waals surface area contributed by atoms with Crippen molar-refractivity contribution < 1.29 is 4.79 Å². The molecule has 0 radical (unpaired) electrons. The van der Waals surface area contributed by atoms with Gasteiger partial charge in [-0.25, -0.2) is 0 Å². The minimum Gasteiger partial charge on any atom is -0.325 e. The van der Waals surface area contributed by atoms with Crippen molar-refractivity contribution >= 4 is 23.4 Å². The van der Waals surface area contributed by atoms with E-state index in [0.29, 0.717) is 11.1 Å². The summed E-state index contributed by atoms with van der Waals surface area (Å²) in [7, 11) is 0. The van der Waals surface area contributed by atoms with E-state index in [4.69, 9.17) is 0 Å². The highest BCUT2D eigenvalue weighted by atomic mass is 32.2. The Labute approximate surface area is 163 Å². The third kappa shape index (κ3) is 4.74. The standard InChI is InChI=1S/C20H23N5OS/c1-13(2)16-7-9-17(10-8-16)21-19(26)15(4)27-20-22-23-24-25(20)18-11-5-14(3)6-12-18/h5-13,15H,1-4H3,(H,21,26)/t15-/m1/s1. The fraction of sp³-hybridized carbons (Fsp3) is 0.300. The number of tetrazole rings is 1. The van der Waals surface area contributed by atoms with Crippen molar-refractivity contribution in [2.75, 3.05) is 5.32 Å². The van der Waals surface area contributed by atoms with Gasteiger partial charge >= 0.3 is 0 Å². The van der Waals surface area contributed by atoms with Crippen LogP contribution in [0.3, 0.4) is 0 Å². The van der Waals surface area contributed by atoms with Crippen LogP contribution in [-0.2, 0) is 4.79 Å². The van der Waals surface area contributed by atoms with Gasteiger partial charge in [-0.05, 0) is 60.0 Å². The van der Waals surface area contributed by atoms with Crippen molar-refractivity contribution in [3.63, 3.8) is 0 Å². The van der Waals surface area contributed by atoms with Crippen molar-refractivity contribution in [1.29, 1.82) is 0 Å². The van der Waals surface area contributed by atoms with Crippen LogP contribution in [0.15, 0.2) is 53.7 Å². The molecule has 0 bridgehead atoms. The van der Waals surface area contributed by atoms with Gasteiger partial charge in [0.15, 0.2) is 0 Å². The topological polar surface area (TPSA) is 72.7 Å². The largest absolute Gasteiger partial charge is 0.325 e. The normalized spacial score (nSPS) is 12.2. The summed E-state index contributed by atoms with van der Waals surface area (Å²) in [6.45, 7) is 8.16. The van der Waals surface area contributed by atoms with Crippen LogP contribution in [0.25, 0.3) is 5.69 Å². The van der Waals surface area contributed by atoms with Crippen LogP contribution in [0.4, 0.5) is 5.69 Å². The first-order chi connectivity index (χ1) is 12.9. The molecular formula is C20H23N5OS. The number of carbonyl (C=O) groups is 1. The second kappa shape index (κ2) is 8.35. The molecule has 1 amide bonds. The van der Waals surface area contributed by atoms with E-state index in [9.17, 15) is 4.79 Å².